The summed E-state index contributed by atoms with van der Waals surface area (Å²) in [6.07, 6.45) is 1.29. The SMILES string of the molecule is Fc1ccc(N2CC3CC3C2)c(F)c1. The molecule has 1 aromatic rings. The molecule has 0 radical (unpaired) electrons. The normalized spacial score (nSPS) is 29.1. The summed E-state index contributed by atoms with van der Waals surface area (Å²) < 4.78 is 26.0. The average Bonchev–Trinajstić information content (AvgIpc) is 2.74. The highest BCUT2D eigenvalue weighted by Gasteiger charge is 2.45. The van der Waals surface area contributed by atoms with Crippen LogP contribution in [0, 0.1) is 23.5 Å². The van der Waals surface area contributed by atoms with Gasteiger partial charge in [0, 0.05) is 19.2 Å². The van der Waals surface area contributed by atoms with Gasteiger partial charge < -0.3 is 4.90 Å². The third-order valence-corrected chi connectivity index (χ3v) is 3.23. The molecule has 0 bridgehead atoms. The molecule has 3 rings (SSSR count). The second kappa shape index (κ2) is 2.69. The van der Waals surface area contributed by atoms with Crippen molar-refractivity contribution in [3.63, 3.8) is 0 Å². The largest absolute Gasteiger partial charge is 0.369 e. The van der Waals surface area contributed by atoms with E-state index in [9.17, 15) is 8.78 Å². The first-order valence-electron chi connectivity index (χ1n) is 4.94. The van der Waals surface area contributed by atoms with Crippen LogP contribution in [0.15, 0.2) is 18.2 Å². The number of hydrogen-bond acceptors (Lipinski definition) is 1. The minimum atomic E-state index is -0.504. The third-order valence-electron chi connectivity index (χ3n) is 3.23. The highest BCUT2D eigenvalue weighted by atomic mass is 19.1. The van der Waals surface area contributed by atoms with Crippen molar-refractivity contribution in [1.82, 2.24) is 0 Å². The smallest absolute Gasteiger partial charge is 0.149 e. The van der Waals surface area contributed by atoms with Crippen molar-refractivity contribution in [1.29, 1.82) is 0 Å². The van der Waals surface area contributed by atoms with E-state index in [0.29, 0.717) is 5.69 Å². The fourth-order valence-electron chi connectivity index (χ4n) is 2.33. The number of halogens is 2. The molecule has 3 heteroatoms. The molecule has 1 aliphatic heterocycles. The van der Waals surface area contributed by atoms with E-state index in [1.54, 1.807) is 0 Å². The van der Waals surface area contributed by atoms with Crippen LogP contribution in [0.25, 0.3) is 0 Å². The van der Waals surface area contributed by atoms with Crippen LogP contribution in [0.1, 0.15) is 6.42 Å². The number of benzene rings is 1. The number of anilines is 1. The van der Waals surface area contributed by atoms with Crippen LogP contribution in [0.4, 0.5) is 14.5 Å². The Labute approximate surface area is 81.3 Å². The van der Waals surface area contributed by atoms with Gasteiger partial charge in [-0.15, -0.1) is 0 Å². The van der Waals surface area contributed by atoms with Gasteiger partial charge in [-0.2, -0.15) is 0 Å². The van der Waals surface area contributed by atoms with Crippen LogP contribution in [-0.2, 0) is 0 Å². The minimum Gasteiger partial charge on any atom is -0.369 e. The zero-order chi connectivity index (χ0) is 9.71. The van der Waals surface area contributed by atoms with Crippen molar-refractivity contribution < 1.29 is 8.78 Å². The van der Waals surface area contributed by atoms with Gasteiger partial charge in [-0.1, -0.05) is 0 Å². The quantitative estimate of drug-likeness (QED) is 0.665. The Morgan fingerprint density at radius 3 is 2.50 bits per heavy atom. The number of nitrogens with zero attached hydrogens (tertiary/aromatic N) is 1. The molecule has 2 aliphatic rings. The minimum absolute atomic E-state index is 0.439. The Morgan fingerprint density at radius 1 is 1.14 bits per heavy atom. The Morgan fingerprint density at radius 2 is 1.86 bits per heavy atom. The van der Waals surface area contributed by atoms with E-state index in [1.807, 2.05) is 4.90 Å². The highest BCUT2D eigenvalue weighted by molar-refractivity contribution is 5.49. The molecule has 0 amide bonds. The zero-order valence-electron chi connectivity index (χ0n) is 7.71. The van der Waals surface area contributed by atoms with Crippen LogP contribution in [0.3, 0.4) is 0 Å². The van der Waals surface area contributed by atoms with Crippen molar-refractivity contribution in [2.24, 2.45) is 11.8 Å². The molecule has 0 aromatic heterocycles. The van der Waals surface area contributed by atoms with Gasteiger partial charge in [0.1, 0.15) is 11.6 Å². The Hall–Kier alpha value is -1.12. The lowest BCUT2D eigenvalue weighted by Crippen LogP contribution is -2.22. The second-order valence-corrected chi connectivity index (χ2v) is 4.26. The monoisotopic (exact) mass is 195 g/mol. The number of rotatable bonds is 1. The number of fused-ring (bicyclic) bond motifs is 1. The molecule has 1 aromatic carbocycles. The molecule has 74 valence electrons. The molecule has 1 aliphatic carbocycles. The van der Waals surface area contributed by atoms with Crippen molar-refractivity contribution in [3.05, 3.63) is 29.8 Å². The van der Waals surface area contributed by atoms with E-state index in [-0.39, 0.29) is 0 Å². The van der Waals surface area contributed by atoms with E-state index in [1.165, 1.54) is 18.6 Å². The molecular formula is C11H11F2N. The van der Waals surface area contributed by atoms with Gasteiger partial charge in [0.05, 0.1) is 5.69 Å². The lowest BCUT2D eigenvalue weighted by molar-refractivity contribution is 0.579. The summed E-state index contributed by atoms with van der Waals surface area (Å²) >= 11 is 0. The third kappa shape index (κ3) is 1.19. The van der Waals surface area contributed by atoms with E-state index in [4.69, 9.17) is 0 Å². The van der Waals surface area contributed by atoms with Crippen LogP contribution in [0.5, 0.6) is 0 Å². The van der Waals surface area contributed by atoms with E-state index >= 15 is 0 Å². The molecule has 2 unspecified atom stereocenters. The molecule has 1 saturated heterocycles. The predicted molar refractivity (Wildman–Crippen MR) is 50.2 cm³/mol. The van der Waals surface area contributed by atoms with Crippen LogP contribution >= 0.6 is 0 Å². The van der Waals surface area contributed by atoms with Crippen LogP contribution in [0.2, 0.25) is 0 Å². The van der Waals surface area contributed by atoms with Crippen molar-refractivity contribution in [3.8, 4) is 0 Å². The summed E-state index contributed by atoms with van der Waals surface area (Å²) in [4.78, 5) is 2.02. The fourth-order valence-corrected chi connectivity index (χ4v) is 2.33. The molecular weight excluding hydrogens is 184 g/mol. The van der Waals surface area contributed by atoms with Gasteiger partial charge in [-0.05, 0) is 30.4 Å². The molecule has 14 heavy (non-hydrogen) atoms. The van der Waals surface area contributed by atoms with Gasteiger partial charge in [0.2, 0.25) is 0 Å². The van der Waals surface area contributed by atoms with E-state index < -0.39 is 11.6 Å². The van der Waals surface area contributed by atoms with Crippen LogP contribution in [-0.4, -0.2) is 13.1 Å². The van der Waals surface area contributed by atoms with E-state index in [0.717, 1.165) is 31.0 Å². The van der Waals surface area contributed by atoms with Gasteiger partial charge in [0.15, 0.2) is 0 Å². The molecule has 0 spiro atoms. The summed E-state index contributed by atoms with van der Waals surface area (Å²) in [5.74, 6) is 0.584. The fraction of sp³-hybridized carbons (Fsp3) is 0.455. The standard InChI is InChI=1S/C11H11F2N/c12-9-1-2-11(10(13)4-9)14-5-7-3-8(7)6-14/h1-2,4,7-8H,3,5-6H2. The first-order chi connectivity index (χ1) is 6.74. The highest BCUT2D eigenvalue weighted by Crippen LogP contribution is 2.46. The average molecular weight is 195 g/mol. The Bertz CT molecular complexity index is 368. The summed E-state index contributed by atoms with van der Waals surface area (Å²) in [5.41, 5.74) is 0.554. The van der Waals surface area contributed by atoms with Gasteiger partial charge in [0.25, 0.3) is 0 Å². The zero-order valence-corrected chi connectivity index (χ0v) is 7.71. The predicted octanol–water partition coefficient (Wildman–Crippen LogP) is 2.42. The van der Waals surface area contributed by atoms with Gasteiger partial charge in [-0.25, -0.2) is 8.78 Å². The van der Waals surface area contributed by atoms with Crippen molar-refractivity contribution in [2.45, 2.75) is 6.42 Å². The molecule has 1 saturated carbocycles. The first kappa shape index (κ1) is 8.21. The van der Waals surface area contributed by atoms with Crippen molar-refractivity contribution >= 4 is 5.69 Å². The Balaban J connectivity index is 1.88. The summed E-state index contributed by atoms with van der Waals surface area (Å²) in [5, 5.41) is 0. The second-order valence-electron chi connectivity index (χ2n) is 4.26. The van der Waals surface area contributed by atoms with Crippen LogP contribution < -0.4 is 4.90 Å². The molecule has 2 atom stereocenters. The molecule has 1 heterocycles. The number of hydrogen-bond donors (Lipinski definition) is 0. The van der Waals surface area contributed by atoms with E-state index in [2.05, 4.69) is 0 Å². The first-order valence-corrected chi connectivity index (χ1v) is 4.94. The maximum atomic E-state index is 13.4. The number of piperidine rings is 1. The van der Waals surface area contributed by atoms with Crippen molar-refractivity contribution in [2.75, 3.05) is 18.0 Å². The Kier molecular flexibility index (Phi) is 1.58. The van der Waals surface area contributed by atoms with Gasteiger partial charge >= 0.3 is 0 Å². The molecule has 2 fully saturated rings. The summed E-state index contributed by atoms with van der Waals surface area (Å²) in [7, 11) is 0. The maximum absolute atomic E-state index is 13.4. The lowest BCUT2D eigenvalue weighted by atomic mass is 10.2. The molecule has 0 N–H and O–H groups in total. The molecule has 1 nitrogen and oxygen atoms in total. The topological polar surface area (TPSA) is 3.24 Å². The van der Waals surface area contributed by atoms with Gasteiger partial charge in [-0.3, -0.25) is 0 Å². The summed E-state index contributed by atoms with van der Waals surface area (Å²) in [6, 6.07) is 3.82. The lowest BCUT2D eigenvalue weighted by Gasteiger charge is -2.20. The maximum Gasteiger partial charge on any atom is 0.149 e. The summed E-state index contributed by atoms with van der Waals surface area (Å²) in [6.45, 7) is 1.88.